The maximum atomic E-state index is 15.2. The van der Waals surface area contributed by atoms with Crippen molar-refractivity contribution < 1.29 is 78.3 Å². The highest BCUT2D eigenvalue weighted by Gasteiger charge is 2.36. The summed E-state index contributed by atoms with van der Waals surface area (Å²) in [6, 6.07) is 7.15. The number of para-hydroxylation sites is 2. The highest BCUT2D eigenvalue weighted by atomic mass is 16.4. The van der Waals surface area contributed by atoms with Gasteiger partial charge in [-0.1, -0.05) is 62.4 Å². The number of nitrogens with two attached hydrogens (primary N) is 3. The summed E-state index contributed by atoms with van der Waals surface area (Å²) in [5.74, 6) is -13.0. The Hall–Kier alpha value is -10.1. The van der Waals surface area contributed by atoms with E-state index in [0.29, 0.717) is 38.5 Å². The normalized spacial score (nSPS) is 13.9. The number of aliphatic hydroxyl groups is 1. The van der Waals surface area contributed by atoms with E-state index in [1.54, 1.807) is 74.8 Å². The van der Waals surface area contributed by atoms with Crippen molar-refractivity contribution in [2.75, 3.05) is 19.7 Å². The second-order valence-corrected chi connectivity index (χ2v) is 20.8. The minimum atomic E-state index is -1.69. The zero-order valence-corrected chi connectivity index (χ0v) is 47.7. The average Bonchev–Trinajstić information content (AvgIpc) is 3.33. The van der Waals surface area contributed by atoms with Crippen LogP contribution in [-0.2, 0) is 72.0 Å². The molecule has 2 aromatic heterocycles. The monoisotopic (exact) mass is 1210 g/mol. The number of nitrogens with one attached hydrogen (secondary N) is 10. The molecule has 3 aromatic carbocycles. The Morgan fingerprint density at radius 2 is 0.966 bits per heavy atom. The lowest BCUT2D eigenvalue weighted by Gasteiger charge is -2.28. The number of carboxylic acid groups (broad SMARTS) is 3. The number of carbonyl (C=O) groups excluding carboxylic acids is 8. The van der Waals surface area contributed by atoms with E-state index in [4.69, 9.17) is 27.4 Å². The van der Waals surface area contributed by atoms with Crippen LogP contribution in [0.4, 0.5) is 0 Å². The van der Waals surface area contributed by atoms with E-state index in [2.05, 4.69) is 57.5 Å². The quantitative estimate of drug-likeness (QED) is 0.0116. The van der Waals surface area contributed by atoms with Crippen molar-refractivity contribution in [1.82, 2.24) is 52.5 Å². The van der Waals surface area contributed by atoms with Crippen LogP contribution in [0.3, 0.4) is 0 Å². The SMILES string of the molecule is CC(C)[C@H](NC(=O)[C@@H](N)CCC(=O)O)C(=O)N[C@@H](CCC(=O)O)C(=O)N[C@@H](Cc1c[nH]c2ccccc12)C(=O)N[C@@H](Cc1c[nH]c2ccccc12)C(=O)N[C@@H](Cc1ccc(O)cc1)C(=O)N[C@@H](CCCN=C(N)N)C(=O)N[C@@H](CO)C(=O)NCC(=O)O. The molecular weight excluding hydrogens is 1140 g/mol. The van der Waals surface area contributed by atoms with Crippen molar-refractivity contribution in [3.63, 3.8) is 0 Å². The Kier molecular flexibility index (Phi) is 25.5. The van der Waals surface area contributed by atoms with E-state index in [-0.39, 0.29) is 56.8 Å². The number of H-pyrrole nitrogens is 2. The fraction of sp³-hybridized carbons (Fsp3) is 0.404. The molecule has 8 atom stereocenters. The number of carboxylic acids is 3. The topological polar surface area (TPSA) is 507 Å². The lowest BCUT2D eigenvalue weighted by atomic mass is 9.99. The number of aromatic nitrogens is 2. The molecule has 0 fully saturated rings. The molecule has 468 valence electrons. The van der Waals surface area contributed by atoms with Gasteiger partial charge in [-0.2, -0.15) is 0 Å². The lowest BCUT2D eigenvalue weighted by molar-refractivity contribution is -0.139. The van der Waals surface area contributed by atoms with Crippen LogP contribution in [0.5, 0.6) is 5.75 Å². The van der Waals surface area contributed by atoms with Crippen LogP contribution in [0, 0.1) is 5.92 Å². The number of fused-ring (bicyclic) bond motifs is 2. The molecule has 0 aliphatic heterocycles. The van der Waals surface area contributed by atoms with Crippen molar-refractivity contribution in [3.8, 4) is 5.75 Å². The Morgan fingerprint density at radius 3 is 1.45 bits per heavy atom. The van der Waals surface area contributed by atoms with Gasteiger partial charge in [0.2, 0.25) is 47.3 Å². The first kappa shape index (κ1) is 67.7. The van der Waals surface area contributed by atoms with Crippen LogP contribution in [0.1, 0.15) is 69.1 Å². The Balaban J connectivity index is 1.53. The maximum Gasteiger partial charge on any atom is 0.322 e. The molecule has 21 N–H and O–H groups in total. The van der Waals surface area contributed by atoms with Gasteiger partial charge in [-0.15, -0.1) is 0 Å². The molecule has 5 rings (SSSR count). The van der Waals surface area contributed by atoms with Gasteiger partial charge < -0.3 is 95.2 Å². The smallest absolute Gasteiger partial charge is 0.322 e. The van der Waals surface area contributed by atoms with Crippen LogP contribution in [0.25, 0.3) is 21.8 Å². The number of aliphatic carboxylic acids is 3. The number of benzene rings is 3. The standard InChI is InChI=1S/C57H74N14O16/c1-29(2)48(71-49(80)36(58)17-19-45(74)75)56(87)66-40(18-20-46(76)77)52(83)68-42(23-31-25-62-37-10-5-3-8-34(31)37)55(86)69-43(24-32-26-63-38-11-6-4-9-35(32)38)54(85)67-41(22-30-13-15-33(73)16-14-30)53(84)65-39(12-7-21-61-57(59)60)51(82)70-44(28-72)50(81)64-27-47(78)79/h3-6,8-11,13-16,25-26,29,36,39-44,48,62-63,72-73H,7,12,17-24,27-28,58H2,1-2H3,(H,64,81)(H,65,84)(H,66,87)(H,67,85)(H,68,83)(H,69,86)(H,70,82)(H,71,80)(H,74,75)(H,76,77)(H,78,79)(H4,59,60,61)/t36-,39-,40-,41-,42-,43-,44-,48-/m0/s1. The summed E-state index contributed by atoms with van der Waals surface area (Å²) >= 11 is 0. The van der Waals surface area contributed by atoms with E-state index in [1.165, 1.54) is 24.3 Å². The third kappa shape index (κ3) is 21.2. The fourth-order valence-electron chi connectivity index (χ4n) is 9.15. The van der Waals surface area contributed by atoms with Gasteiger partial charge in [-0.05, 0) is 72.6 Å². The van der Waals surface area contributed by atoms with E-state index < -0.39 is 152 Å². The van der Waals surface area contributed by atoms with Crippen molar-refractivity contribution in [3.05, 3.63) is 102 Å². The van der Waals surface area contributed by atoms with Crippen LogP contribution >= 0.6 is 0 Å². The van der Waals surface area contributed by atoms with Gasteiger partial charge in [0.05, 0.1) is 12.6 Å². The molecular formula is C57H74N14O16. The predicted molar refractivity (Wildman–Crippen MR) is 314 cm³/mol. The first-order valence-corrected chi connectivity index (χ1v) is 27.7. The van der Waals surface area contributed by atoms with Gasteiger partial charge in [-0.3, -0.25) is 57.7 Å². The first-order chi connectivity index (χ1) is 41.3. The minimum Gasteiger partial charge on any atom is -0.508 e. The van der Waals surface area contributed by atoms with Gasteiger partial charge in [0, 0.05) is 72.8 Å². The van der Waals surface area contributed by atoms with E-state index >= 15 is 9.59 Å². The highest BCUT2D eigenvalue weighted by molar-refractivity contribution is 5.99. The van der Waals surface area contributed by atoms with Gasteiger partial charge in [0.25, 0.3) is 0 Å². The van der Waals surface area contributed by atoms with Crippen molar-refractivity contribution >= 4 is 92.9 Å². The summed E-state index contributed by atoms with van der Waals surface area (Å²) in [7, 11) is 0. The summed E-state index contributed by atoms with van der Waals surface area (Å²) in [5.41, 5.74) is 19.6. The van der Waals surface area contributed by atoms with Crippen molar-refractivity contribution in [1.29, 1.82) is 0 Å². The number of phenols is 1. The number of rotatable bonds is 35. The van der Waals surface area contributed by atoms with Crippen LogP contribution in [-0.4, -0.2) is 175 Å². The Labute approximate surface area is 497 Å². The molecule has 5 aromatic rings. The average molecular weight is 1210 g/mol. The predicted octanol–water partition coefficient (Wildman–Crippen LogP) is -2.26. The molecule has 0 radical (unpaired) electrons. The molecule has 0 aliphatic rings. The summed E-state index contributed by atoms with van der Waals surface area (Å²) in [6.07, 6.45) is 0.266. The summed E-state index contributed by atoms with van der Waals surface area (Å²) in [6.45, 7) is 1.25. The molecule has 30 nitrogen and oxygen atoms in total. The van der Waals surface area contributed by atoms with Crippen LogP contribution < -0.4 is 59.7 Å². The lowest BCUT2D eigenvalue weighted by Crippen LogP contribution is -2.61. The second-order valence-electron chi connectivity index (χ2n) is 20.8. The number of hydrogen-bond acceptors (Lipinski definition) is 15. The molecule has 8 amide bonds. The number of carbonyl (C=O) groups is 11. The summed E-state index contributed by atoms with van der Waals surface area (Å²) < 4.78 is 0. The highest BCUT2D eigenvalue weighted by Crippen LogP contribution is 2.22. The van der Waals surface area contributed by atoms with E-state index in [1.807, 2.05) is 0 Å². The number of phenolic OH excluding ortho intramolecular Hbond substituents is 1. The number of aliphatic imine (C=N–C) groups is 1. The Bertz CT molecular complexity index is 3290. The number of aromatic hydroxyl groups is 1. The molecule has 0 bridgehead atoms. The third-order valence-corrected chi connectivity index (χ3v) is 13.8. The largest absolute Gasteiger partial charge is 0.508 e. The zero-order chi connectivity index (χ0) is 63.9. The molecule has 0 saturated carbocycles. The summed E-state index contributed by atoms with van der Waals surface area (Å²) in [4.78, 5) is 158. The molecule has 2 heterocycles. The molecule has 30 heteroatoms. The molecule has 87 heavy (non-hydrogen) atoms. The molecule has 0 aliphatic carbocycles. The molecule has 0 unspecified atom stereocenters. The molecule has 0 saturated heterocycles. The number of guanidine groups is 1. The second kappa shape index (κ2) is 32.8. The van der Waals surface area contributed by atoms with Gasteiger partial charge in [-0.25, -0.2) is 0 Å². The fourth-order valence-corrected chi connectivity index (χ4v) is 9.15. The summed E-state index contributed by atoms with van der Waals surface area (Å²) in [5, 5.41) is 69.3. The maximum absolute atomic E-state index is 15.2. The Morgan fingerprint density at radius 1 is 0.517 bits per heavy atom. The van der Waals surface area contributed by atoms with Crippen LogP contribution in [0.15, 0.2) is 90.2 Å². The van der Waals surface area contributed by atoms with E-state index in [0.717, 1.165) is 0 Å². The van der Waals surface area contributed by atoms with Crippen LogP contribution in [0.2, 0.25) is 0 Å². The number of hydrogen-bond donors (Lipinski definition) is 18. The minimum absolute atomic E-state index is 0.0422. The van der Waals surface area contributed by atoms with Gasteiger partial charge in [0.1, 0.15) is 54.6 Å². The van der Waals surface area contributed by atoms with Gasteiger partial charge in [0.15, 0.2) is 5.96 Å². The van der Waals surface area contributed by atoms with Crippen molar-refractivity contribution in [2.24, 2.45) is 28.1 Å². The first-order valence-electron chi connectivity index (χ1n) is 27.7. The number of aromatic amines is 2. The van der Waals surface area contributed by atoms with Gasteiger partial charge >= 0.3 is 17.9 Å². The molecule has 0 spiro atoms. The van der Waals surface area contributed by atoms with Crippen molar-refractivity contribution in [2.45, 2.75) is 120 Å². The zero-order valence-electron chi connectivity index (χ0n) is 47.7. The number of nitrogens with zero attached hydrogens (tertiary/aromatic N) is 1. The number of aliphatic hydroxyl groups excluding tert-OH is 1. The van der Waals surface area contributed by atoms with E-state index in [9.17, 15) is 58.5 Å². The number of amides is 8. The third-order valence-electron chi connectivity index (χ3n) is 13.8.